The SMILES string of the molecule is COc1ccc(C(C)N(c2ccc(OC)c(OC)c2)S(=O)(=O)c2cccc(Cl)c2C)cc1OC. The van der Waals surface area contributed by atoms with Gasteiger partial charge in [0.1, 0.15) is 0 Å². The van der Waals surface area contributed by atoms with Crippen LogP contribution in [0.2, 0.25) is 5.02 Å². The average Bonchev–Trinajstić information content (AvgIpc) is 2.84. The molecule has 0 N–H and O–H groups in total. The molecule has 0 spiro atoms. The number of rotatable bonds is 9. The van der Waals surface area contributed by atoms with Gasteiger partial charge in [-0.2, -0.15) is 0 Å². The Balaban J connectivity index is 2.25. The maximum absolute atomic E-state index is 14.1. The van der Waals surface area contributed by atoms with Crippen LogP contribution in [0.25, 0.3) is 0 Å². The minimum Gasteiger partial charge on any atom is -0.493 e. The fourth-order valence-corrected chi connectivity index (χ4v) is 5.87. The third-order valence-corrected chi connectivity index (χ3v) is 8.07. The molecule has 9 heteroatoms. The van der Waals surface area contributed by atoms with E-state index in [9.17, 15) is 8.42 Å². The molecule has 7 nitrogen and oxygen atoms in total. The Morgan fingerprint density at radius 1 is 0.794 bits per heavy atom. The zero-order valence-electron chi connectivity index (χ0n) is 20.0. The molecule has 0 aliphatic heterocycles. The lowest BCUT2D eigenvalue weighted by Crippen LogP contribution is -2.34. The summed E-state index contributed by atoms with van der Waals surface area (Å²) in [6, 6.07) is 14.5. The number of anilines is 1. The third kappa shape index (κ3) is 4.74. The van der Waals surface area contributed by atoms with Crippen LogP contribution in [-0.2, 0) is 10.0 Å². The van der Waals surface area contributed by atoms with Gasteiger partial charge in [-0.15, -0.1) is 0 Å². The number of nitrogens with zero attached hydrogens (tertiary/aromatic N) is 1. The number of hydrogen-bond acceptors (Lipinski definition) is 6. The smallest absolute Gasteiger partial charge is 0.265 e. The molecule has 0 amide bonds. The Hall–Kier alpha value is -3.10. The van der Waals surface area contributed by atoms with Crippen LogP contribution >= 0.6 is 11.6 Å². The molecular formula is C25H28ClNO6S. The summed E-state index contributed by atoms with van der Waals surface area (Å²) in [7, 11) is 2.04. The second kappa shape index (κ2) is 10.4. The molecule has 0 radical (unpaired) electrons. The van der Waals surface area contributed by atoms with E-state index >= 15 is 0 Å². The summed E-state index contributed by atoms with van der Waals surface area (Å²) >= 11 is 6.28. The van der Waals surface area contributed by atoms with Crippen molar-refractivity contribution in [2.24, 2.45) is 0 Å². The fraction of sp³-hybridized carbons (Fsp3) is 0.280. The molecule has 0 aliphatic carbocycles. The van der Waals surface area contributed by atoms with Crippen molar-refractivity contribution in [3.05, 3.63) is 70.7 Å². The molecule has 1 unspecified atom stereocenters. The van der Waals surface area contributed by atoms with E-state index in [1.54, 1.807) is 75.6 Å². The van der Waals surface area contributed by atoms with Gasteiger partial charge in [-0.3, -0.25) is 4.31 Å². The first kappa shape index (κ1) is 25.5. The van der Waals surface area contributed by atoms with Crippen LogP contribution in [0.3, 0.4) is 0 Å². The maximum Gasteiger partial charge on any atom is 0.265 e. The molecule has 0 bridgehead atoms. The molecule has 3 aromatic rings. The molecule has 0 saturated carbocycles. The van der Waals surface area contributed by atoms with Gasteiger partial charge in [-0.05, 0) is 61.4 Å². The van der Waals surface area contributed by atoms with Gasteiger partial charge in [-0.25, -0.2) is 8.42 Å². The highest BCUT2D eigenvalue weighted by Crippen LogP contribution is 2.41. The van der Waals surface area contributed by atoms with E-state index in [1.165, 1.54) is 25.6 Å². The molecule has 1 atom stereocenters. The molecule has 0 fully saturated rings. The van der Waals surface area contributed by atoms with E-state index in [2.05, 4.69) is 0 Å². The van der Waals surface area contributed by atoms with Gasteiger partial charge in [-0.1, -0.05) is 23.7 Å². The summed E-state index contributed by atoms with van der Waals surface area (Å²) in [4.78, 5) is 0.113. The zero-order chi connectivity index (χ0) is 25.0. The van der Waals surface area contributed by atoms with Crippen LogP contribution in [0, 0.1) is 6.92 Å². The summed E-state index contributed by atoms with van der Waals surface area (Å²) in [5.41, 5.74) is 1.57. The number of sulfonamides is 1. The van der Waals surface area contributed by atoms with Gasteiger partial charge in [0.15, 0.2) is 23.0 Å². The molecule has 34 heavy (non-hydrogen) atoms. The van der Waals surface area contributed by atoms with E-state index in [0.29, 0.717) is 44.8 Å². The van der Waals surface area contributed by atoms with Gasteiger partial charge in [0.25, 0.3) is 10.0 Å². The first-order valence-electron chi connectivity index (χ1n) is 10.4. The van der Waals surface area contributed by atoms with E-state index in [1.807, 2.05) is 0 Å². The number of halogens is 1. The van der Waals surface area contributed by atoms with Crippen molar-refractivity contribution >= 4 is 27.3 Å². The molecule has 3 rings (SSSR count). The van der Waals surface area contributed by atoms with Gasteiger partial charge in [0.05, 0.1) is 45.1 Å². The van der Waals surface area contributed by atoms with Crippen LogP contribution in [0.1, 0.15) is 24.1 Å². The predicted molar refractivity (Wildman–Crippen MR) is 133 cm³/mol. The van der Waals surface area contributed by atoms with Gasteiger partial charge < -0.3 is 18.9 Å². The topological polar surface area (TPSA) is 74.3 Å². The van der Waals surface area contributed by atoms with E-state index in [0.717, 1.165) is 0 Å². The zero-order valence-corrected chi connectivity index (χ0v) is 21.5. The standard InChI is InChI=1S/C25H28ClNO6S/c1-16-20(26)8-7-9-25(16)34(28,29)27(19-11-13-22(31-4)24(15-19)33-6)17(2)18-10-12-21(30-3)23(14-18)32-5/h7-15,17H,1-6H3. The molecule has 0 aromatic heterocycles. The first-order chi connectivity index (χ1) is 16.2. The number of hydrogen-bond donors (Lipinski definition) is 0. The minimum atomic E-state index is -4.05. The highest BCUT2D eigenvalue weighted by Gasteiger charge is 2.33. The number of ether oxygens (including phenoxy) is 4. The largest absolute Gasteiger partial charge is 0.493 e. The predicted octanol–water partition coefficient (Wildman–Crippen LogP) is 5.64. The summed E-state index contributed by atoms with van der Waals surface area (Å²) < 4.78 is 51.1. The van der Waals surface area contributed by atoms with E-state index < -0.39 is 16.1 Å². The Kier molecular flexibility index (Phi) is 7.84. The van der Waals surface area contributed by atoms with Crippen molar-refractivity contribution in [1.29, 1.82) is 0 Å². The van der Waals surface area contributed by atoms with Crippen LogP contribution < -0.4 is 23.3 Å². The average molecular weight is 506 g/mol. The summed E-state index contributed by atoms with van der Waals surface area (Å²) in [5.74, 6) is 1.93. The molecule has 3 aromatic carbocycles. The lowest BCUT2D eigenvalue weighted by molar-refractivity contribution is 0.354. The van der Waals surface area contributed by atoms with Crippen molar-refractivity contribution in [3.63, 3.8) is 0 Å². The highest BCUT2D eigenvalue weighted by atomic mass is 35.5. The second-order valence-electron chi connectivity index (χ2n) is 7.49. The minimum absolute atomic E-state index is 0.113. The molecule has 0 aliphatic rings. The van der Waals surface area contributed by atoms with Crippen LogP contribution in [0.5, 0.6) is 23.0 Å². The van der Waals surface area contributed by atoms with E-state index in [-0.39, 0.29) is 4.90 Å². The first-order valence-corrected chi connectivity index (χ1v) is 12.2. The Bertz CT molecular complexity index is 1280. The Labute approximate surface area is 205 Å². The number of methoxy groups -OCH3 is 4. The lowest BCUT2D eigenvalue weighted by Gasteiger charge is -2.32. The van der Waals surface area contributed by atoms with E-state index in [4.69, 9.17) is 30.5 Å². The normalized spacial score (nSPS) is 12.1. The monoisotopic (exact) mass is 505 g/mol. The second-order valence-corrected chi connectivity index (χ2v) is 9.68. The maximum atomic E-state index is 14.1. The molecular weight excluding hydrogens is 478 g/mol. The Morgan fingerprint density at radius 3 is 1.94 bits per heavy atom. The van der Waals surface area contributed by atoms with Crippen molar-refractivity contribution < 1.29 is 27.4 Å². The highest BCUT2D eigenvalue weighted by molar-refractivity contribution is 7.93. The van der Waals surface area contributed by atoms with Gasteiger partial charge in [0, 0.05) is 11.1 Å². The van der Waals surface area contributed by atoms with Crippen molar-refractivity contribution in [3.8, 4) is 23.0 Å². The summed E-state index contributed by atoms with van der Waals surface area (Å²) in [5, 5.41) is 0.368. The van der Waals surface area contributed by atoms with Crippen LogP contribution in [0.15, 0.2) is 59.5 Å². The van der Waals surface area contributed by atoms with Crippen molar-refractivity contribution in [2.75, 3.05) is 32.7 Å². The molecule has 0 saturated heterocycles. The summed E-state index contributed by atoms with van der Waals surface area (Å²) in [6.45, 7) is 3.48. The van der Waals surface area contributed by atoms with Crippen molar-refractivity contribution in [1.82, 2.24) is 0 Å². The lowest BCUT2D eigenvalue weighted by atomic mass is 10.1. The van der Waals surface area contributed by atoms with Gasteiger partial charge in [0.2, 0.25) is 0 Å². The molecule has 182 valence electrons. The molecule has 0 heterocycles. The van der Waals surface area contributed by atoms with Crippen LogP contribution in [0.4, 0.5) is 5.69 Å². The van der Waals surface area contributed by atoms with Gasteiger partial charge >= 0.3 is 0 Å². The number of benzene rings is 3. The Morgan fingerprint density at radius 2 is 1.35 bits per heavy atom. The van der Waals surface area contributed by atoms with Crippen LogP contribution in [-0.4, -0.2) is 36.9 Å². The summed E-state index contributed by atoms with van der Waals surface area (Å²) in [6.07, 6.45) is 0. The quantitative estimate of drug-likeness (QED) is 0.374. The van der Waals surface area contributed by atoms with Crippen molar-refractivity contribution in [2.45, 2.75) is 24.8 Å². The fourth-order valence-electron chi connectivity index (χ4n) is 3.75. The third-order valence-electron chi connectivity index (χ3n) is 5.62.